The van der Waals surface area contributed by atoms with Crippen LogP contribution in [-0.2, 0) is 9.47 Å². The molecule has 4 aromatic carbocycles. The first kappa shape index (κ1) is 37.3. The average molecular weight is 665 g/mol. The fraction of sp³-hybridized carbons (Fsp3) is 0.200. The second kappa shape index (κ2) is 18.2. The van der Waals surface area contributed by atoms with E-state index in [4.69, 9.17) is 52.9 Å². The quantitative estimate of drug-likeness (QED) is 0.110. The third kappa shape index (κ3) is 9.81. The SMILES string of the molecule is COC(=O)c1cccc(/C=C/c2ccc(OC)cc2Cl)c1.COC(=O)c1cccc(C2CC2c2ccc(OC)cc2Cl)c1.N.N#N. The zero-order chi connectivity index (χ0) is 32.9. The van der Waals surface area contributed by atoms with Crippen molar-refractivity contribution in [3.05, 3.63) is 128 Å². The summed E-state index contributed by atoms with van der Waals surface area (Å²) in [6.45, 7) is 0. The Kier molecular flexibility index (Phi) is 14.7. The molecule has 0 heterocycles. The van der Waals surface area contributed by atoms with Gasteiger partial charge in [-0.2, -0.15) is 0 Å². The van der Waals surface area contributed by atoms with Crippen molar-refractivity contribution in [2.45, 2.75) is 18.3 Å². The van der Waals surface area contributed by atoms with Gasteiger partial charge in [-0.05, 0) is 95.1 Å². The number of rotatable bonds is 8. The predicted octanol–water partition coefficient (Wildman–Crippen LogP) is 8.90. The average Bonchev–Trinajstić information content (AvgIpc) is 3.89. The Morgan fingerprint density at radius 2 is 1.26 bits per heavy atom. The summed E-state index contributed by atoms with van der Waals surface area (Å²) in [6, 6.07) is 26.1. The summed E-state index contributed by atoms with van der Waals surface area (Å²) in [5.41, 5.74) is 5.16. The summed E-state index contributed by atoms with van der Waals surface area (Å²) >= 11 is 12.5. The molecule has 5 rings (SSSR count). The van der Waals surface area contributed by atoms with Gasteiger partial charge in [-0.15, -0.1) is 0 Å². The van der Waals surface area contributed by atoms with Crippen molar-refractivity contribution in [1.29, 1.82) is 10.8 Å². The van der Waals surface area contributed by atoms with Crippen LogP contribution in [0.1, 0.15) is 61.2 Å². The molecule has 2 unspecified atom stereocenters. The normalized spacial score (nSPS) is 14.3. The van der Waals surface area contributed by atoms with E-state index in [1.807, 2.05) is 66.7 Å². The van der Waals surface area contributed by atoms with Gasteiger partial charge in [0.05, 0.1) is 44.6 Å². The van der Waals surface area contributed by atoms with E-state index < -0.39 is 0 Å². The largest absolute Gasteiger partial charge is 0.497 e. The molecule has 0 aliphatic heterocycles. The van der Waals surface area contributed by atoms with Crippen molar-refractivity contribution >= 4 is 47.3 Å². The zero-order valence-electron chi connectivity index (χ0n) is 25.9. The van der Waals surface area contributed by atoms with E-state index in [1.165, 1.54) is 14.2 Å². The van der Waals surface area contributed by atoms with Crippen molar-refractivity contribution < 1.29 is 28.5 Å². The predicted molar refractivity (Wildman–Crippen MR) is 179 cm³/mol. The van der Waals surface area contributed by atoms with Crippen LogP contribution in [-0.4, -0.2) is 40.4 Å². The fourth-order valence-corrected chi connectivity index (χ4v) is 5.24. The Morgan fingerprint density at radius 1 is 0.696 bits per heavy atom. The maximum absolute atomic E-state index is 11.6. The van der Waals surface area contributed by atoms with Crippen LogP contribution in [0, 0.1) is 10.8 Å². The van der Waals surface area contributed by atoms with E-state index >= 15 is 0 Å². The van der Waals surface area contributed by atoms with Gasteiger partial charge in [-0.1, -0.05) is 65.7 Å². The van der Waals surface area contributed by atoms with Crippen molar-refractivity contribution in [1.82, 2.24) is 6.15 Å². The molecule has 1 saturated carbocycles. The van der Waals surface area contributed by atoms with Gasteiger partial charge in [0.15, 0.2) is 0 Å². The highest BCUT2D eigenvalue weighted by atomic mass is 35.5. The maximum atomic E-state index is 11.6. The van der Waals surface area contributed by atoms with E-state index in [1.54, 1.807) is 38.5 Å². The van der Waals surface area contributed by atoms with Crippen LogP contribution < -0.4 is 15.6 Å². The number of hydrogen-bond acceptors (Lipinski definition) is 9. The monoisotopic (exact) mass is 663 g/mol. The number of methoxy groups -OCH3 is 4. The first-order valence-corrected chi connectivity index (χ1v) is 14.4. The molecular formula is C35H35Cl2N3O6. The van der Waals surface area contributed by atoms with Gasteiger partial charge in [0.2, 0.25) is 0 Å². The lowest BCUT2D eigenvalue weighted by Gasteiger charge is -2.07. The van der Waals surface area contributed by atoms with Crippen molar-refractivity contribution in [2.24, 2.45) is 0 Å². The second-order valence-corrected chi connectivity index (χ2v) is 10.6. The second-order valence-electron chi connectivity index (χ2n) is 9.79. The minimum absolute atomic E-state index is 0. The van der Waals surface area contributed by atoms with Crippen LogP contribution in [0.25, 0.3) is 12.2 Å². The van der Waals surface area contributed by atoms with Gasteiger partial charge in [0, 0.05) is 15.8 Å². The maximum Gasteiger partial charge on any atom is 0.337 e. The van der Waals surface area contributed by atoms with Gasteiger partial charge < -0.3 is 25.1 Å². The van der Waals surface area contributed by atoms with Crippen molar-refractivity contribution in [2.75, 3.05) is 28.4 Å². The van der Waals surface area contributed by atoms with Crippen LogP contribution in [0.4, 0.5) is 0 Å². The number of nitrogens with zero attached hydrogens (tertiary/aromatic N) is 2. The number of benzene rings is 4. The van der Waals surface area contributed by atoms with E-state index in [-0.39, 0.29) is 18.1 Å². The molecule has 4 aromatic rings. The number of carbonyl (C=O) groups excluding carboxylic acids is 2. The zero-order valence-corrected chi connectivity index (χ0v) is 27.4. The van der Waals surface area contributed by atoms with Gasteiger partial charge in [0.1, 0.15) is 11.5 Å². The molecule has 1 fully saturated rings. The lowest BCUT2D eigenvalue weighted by molar-refractivity contribution is 0.0592. The Morgan fingerprint density at radius 3 is 1.83 bits per heavy atom. The van der Waals surface area contributed by atoms with Gasteiger partial charge in [-0.25, -0.2) is 9.59 Å². The lowest BCUT2D eigenvalue weighted by Crippen LogP contribution is -2.01. The molecule has 9 nitrogen and oxygen atoms in total. The van der Waals surface area contributed by atoms with Crippen LogP contribution in [0.3, 0.4) is 0 Å². The fourth-order valence-electron chi connectivity index (χ4n) is 4.70. The Bertz CT molecular complexity index is 1690. The summed E-state index contributed by atoms with van der Waals surface area (Å²) in [4.78, 5) is 23.1. The molecule has 0 saturated heterocycles. The third-order valence-corrected chi connectivity index (χ3v) is 7.76. The smallest absolute Gasteiger partial charge is 0.337 e. The molecule has 3 N–H and O–H groups in total. The summed E-state index contributed by atoms with van der Waals surface area (Å²) in [5, 5.41) is 13.3. The number of ether oxygens (including phenoxy) is 4. The first-order valence-electron chi connectivity index (χ1n) is 13.7. The number of halogens is 2. The molecule has 0 amide bonds. The molecule has 11 heteroatoms. The van der Waals surface area contributed by atoms with Crippen molar-refractivity contribution in [3.8, 4) is 11.5 Å². The molecule has 0 bridgehead atoms. The van der Waals surface area contributed by atoms with Gasteiger partial charge >= 0.3 is 11.9 Å². The molecule has 1 aliphatic carbocycles. The Hall–Kier alpha value is -4.88. The van der Waals surface area contributed by atoms with E-state index in [9.17, 15) is 9.59 Å². The van der Waals surface area contributed by atoms with Gasteiger partial charge in [-0.3, -0.25) is 0 Å². The molecule has 0 spiro atoms. The Balaban J connectivity index is 0.000000298. The van der Waals surface area contributed by atoms with Crippen molar-refractivity contribution in [3.63, 3.8) is 0 Å². The summed E-state index contributed by atoms with van der Waals surface area (Å²) in [7, 11) is 5.98. The van der Waals surface area contributed by atoms with Crippen LogP contribution in [0.2, 0.25) is 10.0 Å². The van der Waals surface area contributed by atoms with Crippen LogP contribution >= 0.6 is 23.2 Å². The van der Waals surface area contributed by atoms with Crippen LogP contribution in [0.15, 0.2) is 84.9 Å². The first-order chi connectivity index (χ1) is 21.8. The highest BCUT2D eigenvalue weighted by Crippen LogP contribution is 2.56. The molecule has 0 aromatic heterocycles. The molecule has 240 valence electrons. The highest BCUT2D eigenvalue weighted by molar-refractivity contribution is 6.32. The molecular weight excluding hydrogens is 629 g/mol. The van der Waals surface area contributed by atoms with E-state index in [0.29, 0.717) is 33.7 Å². The standard InChI is InChI=1S/C18H17ClO3.C17H15ClO3.N2.H3N/c1-21-13-6-7-14(17(19)9-13)16-10-15(16)11-4-3-5-12(8-11)18(20)22-2;1-20-15-9-8-13(16(18)11-15)7-6-12-4-3-5-14(10-12)17(19)21-2;1-2;/h3-9,15-16H,10H2,1-2H3;3-11H,1-2H3;;1H3/b;7-6+;;. The summed E-state index contributed by atoms with van der Waals surface area (Å²) < 4.78 is 19.8. The van der Waals surface area contributed by atoms with E-state index in [2.05, 4.69) is 6.07 Å². The number of esters is 2. The summed E-state index contributed by atoms with van der Waals surface area (Å²) in [5.74, 6) is 1.61. The minimum atomic E-state index is -0.354. The molecule has 2 atom stereocenters. The lowest BCUT2D eigenvalue weighted by atomic mass is 10.0. The number of hydrogen-bond donors (Lipinski definition) is 1. The van der Waals surface area contributed by atoms with E-state index in [0.717, 1.165) is 39.4 Å². The highest BCUT2D eigenvalue weighted by Gasteiger charge is 2.40. The molecule has 46 heavy (non-hydrogen) atoms. The van der Waals surface area contributed by atoms with Crippen LogP contribution in [0.5, 0.6) is 11.5 Å². The summed E-state index contributed by atoms with van der Waals surface area (Å²) in [6.07, 6.45) is 4.81. The third-order valence-electron chi connectivity index (χ3n) is 7.10. The Labute approximate surface area is 278 Å². The number of carbonyl (C=O) groups is 2. The minimum Gasteiger partial charge on any atom is -0.497 e. The van der Waals surface area contributed by atoms with Gasteiger partial charge in [0.25, 0.3) is 0 Å². The molecule has 0 radical (unpaired) electrons. The molecule has 1 aliphatic rings. The topological polar surface area (TPSA) is 154 Å².